The van der Waals surface area contributed by atoms with Gasteiger partial charge in [0, 0.05) is 32.2 Å². The Kier molecular flexibility index (Phi) is 6.02. The lowest BCUT2D eigenvalue weighted by Gasteiger charge is -2.40. The van der Waals surface area contributed by atoms with Crippen LogP contribution in [-0.4, -0.2) is 54.8 Å². The third-order valence-corrected chi connectivity index (χ3v) is 4.20. The van der Waals surface area contributed by atoms with Crippen LogP contribution in [0.15, 0.2) is 0 Å². The molecule has 0 bridgehead atoms. The third-order valence-electron chi connectivity index (χ3n) is 3.68. The van der Waals surface area contributed by atoms with E-state index in [1.807, 2.05) is 0 Å². The monoisotopic (exact) mass is 230 g/mol. The highest BCUT2D eigenvalue weighted by molar-refractivity contribution is 7.80. The Balaban J connectivity index is 2.37. The molecule has 1 aliphatic rings. The molecule has 2 atom stereocenters. The van der Waals surface area contributed by atoms with Crippen molar-refractivity contribution in [2.45, 2.75) is 32.7 Å². The van der Waals surface area contributed by atoms with Gasteiger partial charge in [0.15, 0.2) is 0 Å². The van der Waals surface area contributed by atoms with E-state index in [1.54, 1.807) is 0 Å². The summed E-state index contributed by atoms with van der Waals surface area (Å²) in [6.45, 7) is 9.51. The van der Waals surface area contributed by atoms with Crippen molar-refractivity contribution < 1.29 is 0 Å². The van der Waals surface area contributed by atoms with E-state index in [0.717, 1.165) is 17.7 Å². The van der Waals surface area contributed by atoms with Crippen LogP contribution in [0.2, 0.25) is 0 Å². The molecule has 0 radical (unpaired) electrons. The largest absolute Gasteiger partial charge is 0.301 e. The minimum atomic E-state index is 0.760. The summed E-state index contributed by atoms with van der Waals surface area (Å²) >= 11 is 4.42. The van der Waals surface area contributed by atoms with Crippen molar-refractivity contribution in [2.75, 3.05) is 39.0 Å². The smallest absolute Gasteiger partial charge is 0.0218 e. The van der Waals surface area contributed by atoms with E-state index >= 15 is 0 Å². The predicted octanol–water partition coefficient (Wildman–Crippen LogP) is 1.97. The Morgan fingerprint density at radius 3 is 2.60 bits per heavy atom. The molecule has 0 saturated carbocycles. The van der Waals surface area contributed by atoms with Crippen LogP contribution in [0, 0.1) is 5.92 Å². The molecule has 0 aromatic carbocycles. The van der Waals surface area contributed by atoms with Gasteiger partial charge in [-0.3, -0.25) is 0 Å². The van der Waals surface area contributed by atoms with Gasteiger partial charge in [-0.1, -0.05) is 20.3 Å². The molecule has 1 fully saturated rings. The molecule has 1 rings (SSSR count). The molecule has 1 aliphatic heterocycles. The normalized spacial score (nSPS) is 26.8. The highest BCUT2D eigenvalue weighted by Crippen LogP contribution is 2.14. The zero-order chi connectivity index (χ0) is 11.3. The summed E-state index contributed by atoms with van der Waals surface area (Å²) in [6, 6.07) is 0.760. The van der Waals surface area contributed by atoms with Gasteiger partial charge < -0.3 is 9.80 Å². The van der Waals surface area contributed by atoms with Crippen LogP contribution < -0.4 is 0 Å². The summed E-state index contributed by atoms with van der Waals surface area (Å²) in [4.78, 5) is 5.12. The molecular formula is C12H26N2S. The van der Waals surface area contributed by atoms with E-state index in [0.29, 0.717) is 0 Å². The predicted molar refractivity (Wildman–Crippen MR) is 70.8 cm³/mol. The Morgan fingerprint density at radius 2 is 2.07 bits per heavy atom. The number of thiol groups is 1. The topological polar surface area (TPSA) is 6.48 Å². The molecule has 0 aromatic rings. The summed E-state index contributed by atoms with van der Waals surface area (Å²) in [5.41, 5.74) is 0. The number of hydrogen-bond donors (Lipinski definition) is 1. The second kappa shape index (κ2) is 6.77. The maximum atomic E-state index is 4.42. The Hall–Kier alpha value is 0.270. The molecule has 3 heteroatoms. The molecule has 90 valence electrons. The summed E-state index contributed by atoms with van der Waals surface area (Å²) in [6.07, 6.45) is 2.53. The van der Waals surface area contributed by atoms with Crippen molar-refractivity contribution in [3.63, 3.8) is 0 Å². The van der Waals surface area contributed by atoms with Gasteiger partial charge in [0.1, 0.15) is 0 Å². The molecule has 0 spiro atoms. The first kappa shape index (κ1) is 13.3. The summed E-state index contributed by atoms with van der Waals surface area (Å²) in [5.74, 6) is 1.80. The fourth-order valence-corrected chi connectivity index (χ4v) is 2.67. The Bertz CT molecular complexity index is 169. The van der Waals surface area contributed by atoms with Gasteiger partial charge in [-0.15, -0.1) is 0 Å². The van der Waals surface area contributed by atoms with Crippen molar-refractivity contribution in [2.24, 2.45) is 5.92 Å². The van der Waals surface area contributed by atoms with Crippen molar-refractivity contribution in [3.05, 3.63) is 0 Å². The molecule has 0 N–H and O–H groups in total. The molecule has 2 unspecified atom stereocenters. The molecule has 0 aromatic heterocycles. The second-order valence-electron chi connectivity index (χ2n) is 4.76. The first-order chi connectivity index (χ1) is 7.21. The van der Waals surface area contributed by atoms with E-state index in [9.17, 15) is 0 Å². The molecule has 2 nitrogen and oxygen atoms in total. The van der Waals surface area contributed by atoms with E-state index in [2.05, 4.69) is 43.3 Å². The average Bonchev–Trinajstić information content (AvgIpc) is 2.28. The van der Waals surface area contributed by atoms with Crippen molar-refractivity contribution >= 4 is 12.6 Å². The maximum Gasteiger partial charge on any atom is 0.0218 e. The van der Waals surface area contributed by atoms with Gasteiger partial charge in [0.2, 0.25) is 0 Å². The fraction of sp³-hybridized carbons (Fsp3) is 1.00. The van der Waals surface area contributed by atoms with Crippen molar-refractivity contribution in [1.29, 1.82) is 0 Å². The van der Waals surface area contributed by atoms with Gasteiger partial charge >= 0.3 is 0 Å². The number of nitrogens with zero attached hydrogens (tertiary/aromatic N) is 2. The van der Waals surface area contributed by atoms with E-state index in [4.69, 9.17) is 0 Å². The maximum absolute atomic E-state index is 4.42. The van der Waals surface area contributed by atoms with Gasteiger partial charge in [-0.25, -0.2) is 0 Å². The number of rotatable bonds is 5. The van der Waals surface area contributed by atoms with Crippen LogP contribution in [0.3, 0.4) is 0 Å². The molecule has 0 amide bonds. The number of likely N-dealkylation sites (N-methyl/N-ethyl adjacent to an activating group) is 1. The van der Waals surface area contributed by atoms with Crippen LogP contribution in [0.4, 0.5) is 0 Å². The van der Waals surface area contributed by atoms with Crippen LogP contribution in [-0.2, 0) is 0 Å². The highest BCUT2D eigenvalue weighted by Gasteiger charge is 2.23. The van der Waals surface area contributed by atoms with Crippen LogP contribution in [0.5, 0.6) is 0 Å². The molecule has 0 aliphatic carbocycles. The zero-order valence-corrected chi connectivity index (χ0v) is 11.3. The number of piperazine rings is 1. The van der Waals surface area contributed by atoms with Crippen LogP contribution in [0.25, 0.3) is 0 Å². The van der Waals surface area contributed by atoms with Crippen LogP contribution >= 0.6 is 12.6 Å². The summed E-state index contributed by atoms with van der Waals surface area (Å²) in [5, 5.41) is 0. The summed E-state index contributed by atoms with van der Waals surface area (Å²) in [7, 11) is 2.25. The lowest BCUT2D eigenvalue weighted by Crippen LogP contribution is -2.52. The molecule has 1 heterocycles. The lowest BCUT2D eigenvalue weighted by atomic mass is 10.1. The van der Waals surface area contributed by atoms with E-state index in [1.165, 1.54) is 39.0 Å². The van der Waals surface area contributed by atoms with Gasteiger partial charge in [-0.05, 0) is 25.1 Å². The van der Waals surface area contributed by atoms with Gasteiger partial charge in [0.25, 0.3) is 0 Å². The molecular weight excluding hydrogens is 204 g/mol. The second-order valence-corrected chi connectivity index (χ2v) is 5.12. The minimum Gasteiger partial charge on any atom is -0.301 e. The van der Waals surface area contributed by atoms with Crippen LogP contribution in [0.1, 0.15) is 26.7 Å². The number of hydrogen-bond acceptors (Lipinski definition) is 3. The minimum absolute atomic E-state index is 0.760. The first-order valence-electron chi connectivity index (χ1n) is 6.24. The SMILES string of the molecule is CCC(CS)CN1CCN(C)C(CC)C1. The van der Waals surface area contributed by atoms with Gasteiger partial charge in [-0.2, -0.15) is 12.6 Å². The molecule has 1 saturated heterocycles. The fourth-order valence-electron chi connectivity index (χ4n) is 2.30. The highest BCUT2D eigenvalue weighted by atomic mass is 32.1. The quantitative estimate of drug-likeness (QED) is 0.722. The molecule has 15 heavy (non-hydrogen) atoms. The van der Waals surface area contributed by atoms with E-state index < -0.39 is 0 Å². The summed E-state index contributed by atoms with van der Waals surface area (Å²) < 4.78 is 0. The van der Waals surface area contributed by atoms with Crippen molar-refractivity contribution in [3.8, 4) is 0 Å². The third kappa shape index (κ3) is 3.97. The standard InChI is InChI=1S/C12H26N2S/c1-4-11(10-15)8-14-7-6-13(3)12(5-2)9-14/h11-12,15H,4-10H2,1-3H3. The lowest BCUT2D eigenvalue weighted by molar-refractivity contribution is 0.0835. The van der Waals surface area contributed by atoms with Gasteiger partial charge in [0.05, 0.1) is 0 Å². The van der Waals surface area contributed by atoms with E-state index in [-0.39, 0.29) is 0 Å². The van der Waals surface area contributed by atoms with Crippen molar-refractivity contribution in [1.82, 2.24) is 9.80 Å². The average molecular weight is 230 g/mol. The zero-order valence-electron chi connectivity index (χ0n) is 10.4. The Labute approximate surface area is 100 Å². The Morgan fingerprint density at radius 1 is 1.33 bits per heavy atom. The first-order valence-corrected chi connectivity index (χ1v) is 6.87.